The number of nitrogens with zero attached hydrogens (tertiary/aromatic N) is 2. The molecule has 9 nitrogen and oxygen atoms in total. The third-order valence-corrected chi connectivity index (χ3v) is 8.66. The Morgan fingerprint density at radius 2 is 1.91 bits per heavy atom. The summed E-state index contributed by atoms with van der Waals surface area (Å²) < 4.78 is 35.6. The Balaban J connectivity index is 1.34. The first kappa shape index (κ1) is 21.3. The lowest BCUT2D eigenvalue weighted by Crippen LogP contribution is -2.33. The molecule has 10 heteroatoms. The average Bonchev–Trinajstić information content (AvgIpc) is 3.47. The molecule has 178 valence electrons. The van der Waals surface area contributed by atoms with E-state index in [0.717, 1.165) is 65.1 Å². The Bertz CT molecular complexity index is 1370. The minimum absolute atomic E-state index is 0.256. The third kappa shape index (κ3) is 3.86. The van der Waals surface area contributed by atoms with Gasteiger partial charge in [-0.25, -0.2) is 13.8 Å². The van der Waals surface area contributed by atoms with Gasteiger partial charge < -0.3 is 20.5 Å². The molecule has 0 radical (unpaired) electrons. The van der Waals surface area contributed by atoms with Crippen molar-refractivity contribution in [2.45, 2.75) is 43.4 Å². The van der Waals surface area contributed by atoms with Gasteiger partial charge in [-0.05, 0) is 56.4 Å². The lowest BCUT2D eigenvalue weighted by molar-refractivity contribution is 0.324. The lowest BCUT2D eigenvalue weighted by atomic mass is 9.92. The van der Waals surface area contributed by atoms with E-state index in [1.54, 1.807) is 0 Å². The van der Waals surface area contributed by atoms with Gasteiger partial charge >= 0.3 is 0 Å². The Kier molecular flexibility index (Phi) is 5.14. The molecule has 0 unspecified atom stereocenters. The van der Waals surface area contributed by atoms with Crippen molar-refractivity contribution >= 4 is 38.1 Å². The van der Waals surface area contributed by atoms with Crippen LogP contribution < -0.4 is 26.0 Å². The maximum absolute atomic E-state index is 12.3. The highest BCUT2D eigenvalue weighted by Crippen LogP contribution is 2.45. The predicted octanol–water partition coefficient (Wildman–Crippen LogP) is 3.36. The summed E-state index contributed by atoms with van der Waals surface area (Å²) >= 11 is 0. The zero-order valence-corrected chi connectivity index (χ0v) is 19.6. The topological polar surface area (TPSA) is 123 Å². The molecule has 3 aliphatic rings. The van der Waals surface area contributed by atoms with E-state index in [0.29, 0.717) is 25.0 Å². The van der Waals surface area contributed by atoms with Crippen molar-refractivity contribution in [3.05, 3.63) is 42.5 Å². The fourth-order valence-electron chi connectivity index (χ4n) is 4.60. The van der Waals surface area contributed by atoms with Crippen LogP contribution in [0.5, 0.6) is 5.75 Å². The molecule has 2 heterocycles. The number of fused-ring (bicyclic) bond motifs is 1. The van der Waals surface area contributed by atoms with Crippen molar-refractivity contribution in [1.82, 2.24) is 15.4 Å². The maximum Gasteiger partial charge on any atom is 0.235 e. The van der Waals surface area contributed by atoms with Crippen LogP contribution in [0.4, 0.5) is 11.4 Å². The van der Waals surface area contributed by atoms with E-state index >= 15 is 0 Å². The van der Waals surface area contributed by atoms with Crippen molar-refractivity contribution in [2.75, 3.05) is 23.7 Å². The Morgan fingerprint density at radius 3 is 2.56 bits per heavy atom. The highest BCUT2D eigenvalue weighted by Gasteiger charge is 2.35. The fraction of sp³-hybridized carbons (Fsp3) is 0.375. The van der Waals surface area contributed by atoms with E-state index in [-0.39, 0.29) is 5.25 Å². The predicted molar refractivity (Wildman–Crippen MR) is 134 cm³/mol. The van der Waals surface area contributed by atoms with Crippen LogP contribution >= 0.6 is 0 Å². The van der Waals surface area contributed by atoms with Crippen molar-refractivity contribution in [3.8, 4) is 17.0 Å². The quantitative estimate of drug-likeness (QED) is 0.392. The number of aromatic nitrogens is 1. The number of nitrogens with two attached hydrogens (primary N) is 1. The zero-order valence-electron chi connectivity index (χ0n) is 18.8. The van der Waals surface area contributed by atoms with Gasteiger partial charge in [0.25, 0.3) is 0 Å². The molecule has 2 fully saturated rings. The van der Waals surface area contributed by atoms with E-state index in [1.165, 1.54) is 6.42 Å². The van der Waals surface area contributed by atoms with Gasteiger partial charge in [-0.2, -0.15) is 0 Å². The van der Waals surface area contributed by atoms with Gasteiger partial charge in [-0.3, -0.25) is 9.71 Å². The molecule has 1 aromatic heterocycles. The molecule has 0 atom stereocenters. The molecule has 6 rings (SSSR count). The van der Waals surface area contributed by atoms with E-state index < -0.39 is 10.0 Å². The van der Waals surface area contributed by atoms with Gasteiger partial charge in [0, 0.05) is 28.7 Å². The molecule has 3 aromatic rings. The number of sulfonamides is 1. The normalized spacial score (nSPS) is 18.4. The largest absolute Gasteiger partial charge is 0.486 e. The van der Waals surface area contributed by atoms with Crippen LogP contribution in [0.1, 0.15) is 38.1 Å². The first-order valence-corrected chi connectivity index (χ1v) is 13.2. The molecule has 34 heavy (non-hydrogen) atoms. The molecule has 1 aliphatic heterocycles. The highest BCUT2D eigenvalue weighted by molar-refractivity contribution is 7.93. The van der Waals surface area contributed by atoms with E-state index in [2.05, 4.69) is 31.2 Å². The van der Waals surface area contributed by atoms with Crippen LogP contribution in [-0.2, 0) is 10.0 Å². The number of hydrogen-bond donors (Lipinski definition) is 4. The van der Waals surface area contributed by atoms with Crippen LogP contribution in [0, 0.1) is 0 Å². The zero-order chi connectivity index (χ0) is 23.3. The lowest BCUT2D eigenvalue weighted by Gasteiger charge is -2.30. The van der Waals surface area contributed by atoms with Gasteiger partial charge in [-0.1, -0.05) is 12.1 Å². The summed E-state index contributed by atoms with van der Waals surface area (Å²) in [7, 11) is -3.29. The molecule has 2 aliphatic carbocycles. The average molecular weight is 481 g/mol. The van der Waals surface area contributed by atoms with Gasteiger partial charge in [0.1, 0.15) is 19.0 Å². The maximum atomic E-state index is 12.3. The van der Waals surface area contributed by atoms with Crippen LogP contribution in [0.15, 0.2) is 47.5 Å². The number of anilines is 2. The summed E-state index contributed by atoms with van der Waals surface area (Å²) in [6.07, 6.45) is 4.87. The summed E-state index contributed by atoms with van der Waals surface area (Å²) in [6.45, 7) is 0.909. The van der Waals surface area contributed by atoms with Gasteiger partial charge in [0.05, 0.1) is 22.1 Å². The standard InChI is InChI=1S/C24H28N6O3S/c25-23-20-11-8-18(33-13-22-26-14-27-28-22)12-21(20)30(17-2-1-3-17)24(23)15-4-6-16(7-5-15)29-34(31,32)19-9-10-19/h4-8,11-12,17,19,27,29H,1-3,9-10,13-14,25H2,(H,26,28). The van der Waals surface area contributed by atoms with E-state index in [4.69, 9.17) is 10.5 Å². The minimum atomic E-state index is -3.29. The number of amidine groups is 1. The number of rotatable bonds is 8. The number of benzene rings is 2. The second-order valence-corrected chi connectivity index (χ2v) is 11.1. The number of nitrogen functional groups attached to an aromatic ring is 1. The summed E-state index contributed by atoms with van der Waals surface area (Å²) in [5.41, 5.74) is 16.9. The van der Waals surface area contributed by atoms with Crippen LogP contribution in [-0.4, -0.2) is 37.3 Å². The van der Waals surface area contributed by atoms with Crippen molar-refractivity contribution in [2.24, 2.45) is 4.99 Å². The summed E-state index contributed by atoms with van der Waals surface area (Å²) in [4.78, 5) is 4.28. The Morgan fingerprint density at radius 1 is 1.12 bits per heavy atom. The molecule has 2 saturated carbocycles. The second-order valence-electron chi connectivity index (χ2n) is 9.17. The SMILES string of the molecule is Nc1c(-c2ccc(NS(=O)(=O)C3CC3)cc2)n(C2CCC2)c2cc(OCC3=NCNN3)ccc12. The van der Waals surface area contributed by atoms with Crippen LogP contribution in [0.25, 0.3) is 22.2 Å². The molecular formula is C24H28N6O3S. The smallest absolute Gasteiger partial charge is 0.235 e. The number of aliphatic imine (C=N–C) groups is 1. The van der Waals surface area contributed by atoms with Crippen LogP contribution in [0.2, 0.25) is 0 Å². The van der Waals surface area contributed by atoms with Crippen molar-refractivity contribution in [1.29, 1.82) is 0 Å². The molecule has 0 amide bonds. The first-order valence-electron chi connectivity index (χ1n) is 11.7. The fourth-order valence-corrected chi connectivity index (χ4v) is 5.98. The Hall–Kier alpha value is -3.24. The molecular weight excluding hydrogens is 452 g/mol. The number of hydrogen-bond acceptors (Lipinski definition) is 7. The monoisotopic (exact) mass is 480 g/mol. The minimum Gasteiger partial charge on any atom is -0.486 e. The number of ether oxygens (including phenoxy) is 1. The van der Waals surface area contributed by atoms with Crippen LogP contribution in [0.3, 0.4) is 0 Å². The molecule has 0 spiro atoms. The summed E-state index contributed by atoms with van der Waals surface area (Å²) in [6, 6.07) is 13.9. The number of hydrazine groups is 1. The van der Waals surface area contributed by atoms with Gasteiger partial charge in [-0.15, -0.1) is 0 Å². The van der Waals surface area contributed by atoms with E-state index in [9.17, 15) is 8.42 Å². The highest BCUT2D eigenvalue weighted by atomic mass is 32.2. The van der Waals surface area contributed by atoms with Gasteiger partial charge in [0.15, 0.2) is 5.84 Å². The van der Waals surface area contributed by atoms with Gasteiger partial charge in [0.2, 0.25) is 10.0 Å². The molecule has 0 bridgehead atoms. The molecule has 5 N–H and O–H groups in total. The molecule has 0 saturated heterocycles. The third-order valence-electron chi connectivity index (χ3n) is 6.79. The second kappa shape index (κ2) is 8.21. The number of nitrogens with one attached hydrogen (secondary N) is 3. The summed E-state index contributed by atoms with van der Waals surface area (Å²) in [5.74, 6) is 1.53. The van der Waals surface area contributed by atoms with Crippen molar-refractivity contribution in [3.63, 3.8) is 0 Å². The first-order chi connectivity index (χ1) is 16.5. The van der Waals surface area contributed by atoms with E-state index in [1.807, 2.05) is 36.4 Å². The Labute approximate surface area is 198 Å². The summed E-state index contributed by atoms with van der Waals surface area (Å²) in [5, 5.41) is 0.735. The molecule has 2 aromatic carbocycles. The van der Waals surface area contributed by atoms with Crippen molar-refractivity contribution < 1.29 is 13.2 Å².